The third-order valence-corrected chi connectivity index (χ3v) is 3.72. The summed E-state index contributed by atoms with van der Waals surface area (Å²) in [6.07, 6.45) is -0.565. The molecular weight excluding hydrogens is 326 g/mol. The highest BCUT2D eigenvalue weighted by atomic mass is 79.9. The molecule has 1 unspecified atom stereocenters. The van der Waals surface area contributed by atoms with Crippen molar-refractivity contribution in [3.63, 3.8) is 0 Å². The van der Waals surface area contributed by atoms with Crippen molar-refractivity contribution < 1.29 is 14.7 Å². The Hall–Kier alpha value is -1.60. The number of oxime groups is 1. The molecule has 6 nitrogen and oxygen atoms in total. The molecule has 0 saturated carbocycles. The first-order chi connectivity index (χ1) is 9.52. The summed E-state index contributed by atoms with van der Waals surface area (Å²) in [5.41, 5.74) is 7.08. The van der Waals surface area contributed by atoms with Crippen molar-refractivity contribution in [1.82, 2.24) is 4.90 Å². The first-order valence-corrected chi connectivity index (χ1v) is 6.96. The molecule has 1 saturated heterocycles. The lowest BCUT2D eigenvalue weighted by Crippen LogP contribution is -2.50. The maximum atomic E-state index is 12.5. The predicted octanol–water partition coefficient (Wildman–Crippen LogP) is 1.34. The van der Waals surface area contributed by atoms with Gasteiger partial charge >= 0.3 is 0 Å². The first kappa shape index (κ1) is 14.8. The van der Waals surface area contributed by atoms with Crippen molar-refractivity contribution in [3.05, 3.63) is 33.8 Å². The van der Waals surface area contributed by atoms with E-state index in [-0.39, 0.29) is 18.3 Å². The summed E-state index contributed by atoms with van der Waals surface area (Å²) < 4.78 is 6.24. The number of nitrogens with two attached hydrogens (primary N) is 1. The number of benzene rings is 1. The Morgan fingerprint density at radius 2 is 2.35 bits per heavy atom. The standard InChI is InChI=1S/C13H16BrN3O3/c1-8-2-3-9(14)6-10(8)13(18)17-4-5-20-11(7-17)12(15)16-19/h2-3,6,11,19H,4-5,7H2,1H3,(H2,15,16). The minimum Gasteiger partial charge on any atom is -0.409 e. The molecule has 1 heterocycles. The largest absolute Gasteiger partial charge is 0.409 e. The maximum Gasteiger partial charge on any atom is 0.254 e. The molecular formula is C13H16BrN3O3. The Balaban J connectivity index is 2.18. The number of morpholine rings is 1. The van der Waals surface area contributed by atoms with Gasteiger partial charge in [-0.05, 0) is 24.6 Å². The van der Waals surface area contributed by atoms with Gasteiger partial charge in [0.15, 0.2) is 5.84 Å². The minimum absolute atomic E-state index is 0.0199. The van der Waals surface area contributed by atoms with Gasteiger partial charge < -0.3 is 20.6 Å². The van der Waals surface area contributed by atoms with E-state index in [9.17, 15) is 4.79 Å². The summed E-state index contributed by atoms with van der Waals surface area (Å²) in [5.74, 6) is -0.101. The molecule has 7 heteroatoms. The van der Waals surface area contributed by atoms with Gasteiger partial charge in [-0.25, -0.2) is 0 Å². The number of amides is 1. The number of ether oxygens (including phenoxy) is 1. The van der Waals surface area contributed by atoms with Crippen LogP contribution in [0.25, 0.3) is 0 Å². The van der Waals surface area contributed by atoms with Crippen LogP contribution in [-0.4, -0.2) is 47.7 Å². The zero-order chi connectivity index (χ0) is 14.7. The van der Waals surface area contributed by atoms with E-state index in [1.54, 1.807) is 11.0 Å². The summed E-state index contributed by atoms with van der Waals surface area (Å²) in [6.45, 7) is 3.02. The van der Waals surface area contributed by atoms with Crippen LogP contribution in [0.3, 0.4) is 0 Å². The molecule has 2 rings (SSSR count). The van der Waals surface area contributed by atoms with Crippen molar-refractivity contribution >= 4 is 27.7 Å². The van der Waals surface area contributed by atoms with Crippen molar-refractivity contribution in [2.75, 3.05) is 19.7 Å². The Labute approximate surface area is 125 Å². The van der Waals surface area contributed by atoms with Crippen LogP contribution in [0.2, 0.25) is 0 Å². The van der Waals surface area contributed by atoms with E-state index in [0.717, 1.165) is 10.0 Å². The quantitative estimate of drug-likeness (QED) is 0.368. The number of nitrogens with zero attached hydrogens (tertiary/aromatic N) is 2. The number of carbonyl (C=O) groups excluding carboxylic acids is 1. The van der Waals surface area contributed by atoms with Gasteiger partial charge in [0.25, 0.3) is 5.91 Å². The zero-order valence-corrected chi connectivity index (χ0v) is 12.6. The molecule has 1 amide bonds. The fraction of sp³-hybridized carbons (Fsp3) is 0.385. The van der Waals surface area contributed by atoms with Crippen LogP contribution in [0, 0.1) is 6.92 Å². The first-order valence-electron chi connectivity index (χ1n) is 6.17. The molecule has 0 radical (unpaired) electrons. The van der Waals surface area contributed by atoms with E-state index in [1.807, 2.05) is 19.1 Å². The minimum atomic E-state index is -0.565. The lowest BCUT2D eigenvalue weighted by atomic mass is 10.1. The Kier molecular flexibility index (Phi) is 4.61. The highest BCUT2D eigenvalue weighted by Gasteiger charge is 2.28. The molecule has 1 aromatic rings. The van der Waals surface area contributed by atoms with Crippen LogP contribution in [0.5, 0.6) is 0 Å². The average Bonchev–Trinajstić information content (AvgIpc) is 2.48. The fourth-order valence-electron chi connectivity index (χ4n) is 2.07. The smallest absolute Gasteiger partial charge is 0.254 e. The highest BCUT2D eigenvalue weighted by Crippen LogP contribution is 2.19. The average molecular weight is 342 g/mol. The molecule has 1 aliphatic heterocycles. The molecule has 1 atom stereocenters. The Morgan fingerprint density at radius 1 is 1.60 bits per heavy atom. The summed E-state index contributed by atoms with van der Waals surface area (Å²) in [6, 6.07) is 5.58. The molecule has 0 aromatic heterocycles. The summed E-state index contributed by atoms with van der Waals surface area (Å²) in [5, 5.41) is 11.6. The normalized spacial score (nSPS) is 20.0. The van der Waals surface area contributed by atoms with Crippen LogP contribution in [0.1, 0.15) is 15.9 Å². The maximum absolute atomic E-state index is 12.5. The Morgan fingerprint density at radius 3 is 3.05 bits per heavy atom. The number of carbonyl (C=O) groups is 1. The van der Waals surface area contributed by atoms with Crippen LogP contribution in [0.15, 0.2) is 27.8 Å². The van der Waals surface area contributed by atoms with Crippen LogP contribution in [0.4, 0.5) is 0 Å². The van der Waals surface area contributed by atoms with E-state index in [4.69, 9.17) is 15.7 Å². The fourth-order valence-corrected chi connectivity index (χ4v) is 2.43. The van der Waals surface area contributed by atoms with E-state index in [0.29, 0.717) is 18.7 Å². The van der Waals surface area contributed by atoms with Gasteiger partial charge in [0.2, 0.25) is 0 Å². The van der Waals surface area contributed by atoms with Gasteiger partial charge in [-0.3, -0.25) is 4.79 Å². The van der Waals surface area contributed by atoms with Crippen molar-refractivity contribution in [2.45, 2.75) is 13.0 Å². The van der Waals surface area contributed by atoms with E-state index < -0.39 is 6.10 Å². The predicted molar refractivity (Wildman–Crippen MR) is 77.9 cm³/mol. The van der Waals surface area contributed by atoms with Gasteiger partial charge in [-0.2, -0.15) is 0 Å². The number of hydrogen-bond donors (Lipinski definition) is 2. The SMILES string of the molecule is Cc1ccc(Br)cc1C(=O)N1CCOC(C(N)=NO)C1. The molecule has 3 N–H and O–H groups in total. The van der Waals surface area contributed by atoms with Crippen LogP contribution >= 0.6 is 15.9 Å². The lowest BCUT2D eigenvalue weighted by Gasteiger charge is -2.32. The van der Waals surface area contributed by atoms with E-state index in [2.05, 4.69) is 21.1 Å². The van der Waals surface area contributed by atoms with Crippen molar-refractivity contribution in [2.24, 2.45) is 10.9 Å². The van der Waals surface area contributed by atoms with E-state index >= 15 is 0 Å². The summed E-state index contributed by atoms with van der Waals surface area (Å²) >= 11 is 3.37. The number of rotatable bonds is 2. The van der Waals surface area contributed by atoms with Crippen LogP contribution in [-0.2, 0) is 4.74 Å². The molecule has 1 aliphatic rings. The van der Waals surface area contributed by atoms with Gasteiger partial charge in [0.1, 0.15) is 6.10 Å². The second-order valence-electron chi connectivity index (χ2n) is 4.59. The molecule has 1 aromatic carbocycles. The van der Waals surface area contributed by atoms with Crippen molar-refractivity contribution in [1.29, 1.82) is 0 Å². The second kappa shape index (κ2) is 6.23. The van der Waals surface area contributed by atoms with Crippen molar-refractivity contribution in [3.8, 4) is 0 Å². The third kappa shape index (κ3) is 3.10. The van der Waals surface area contributed by atoms with Gasteiger partial charge in [-0.1, -0.05) is 27.2 Å². The van der Waals surface area contributed by atoms with Crippen LogP contribution < -0.4 is 5.73 Å². The topological polar surface area (TPSA) is 88.2 Å². The van der Waals surface area contributed by atoms with E-state index in [1.165, 1.54) is 0 Å². The number of hydrogen-bond acceptors (Lipinski definition) is 4. The van der Waals surface area contributed by atoms with Gasteiger partial charge in [0.05, 0.1) is 13.2 Å². The monoisotopic (exact) mass is 341 g/mol. The number of aryl methyl sites for hydroxylation is 1. The number of halogens is 1. The zero-order valence-electron chi connectivity index (χ0n) is 11.0. The molecule has 0 aliphatic carbocycles. The molecule has 0 bridgehead atoms. The van der Waals surface area contributed by atoms with Gasteiger partial charge in [0, 0.05) is 16.6 Å². The second-order valence-corrected chi connectivity index (χ2v) is 5.51. The third-order valence-electron chi connectivity index (χ3n) is 3.23. The van der Waals surface area contributed by atoms with Gasteiger partial charge in [-0.15, -0.1) is 0 Å². The molecule has 0 spiro atoms. The molecule has 108 valence electrons. The molecule has 20 heavy (non-hydrogen) atoms. The number of amidine groups is 1. The Bertz CT molecular complexity index is 548. The summed E-state index contributed by atoms with van der Waals surface area (Å²) in [7, 11) is 0. The lowest BCUT2D eigenvalue weighted by molar-refractivity contribution is 0.00672. The summed E-state index contributed by atoms with van der Waals surface area (Å²) in [4.78, 5) is 14.2. The highest BCUT2D eigenvalue weighted by molar-refractivity contribution is 9.10. The molecule has 1 fully saturated rings.